The predicted octanol–water partition coefficient (Wildman–Crippen LogP) is 5.04. The Kier molecular flexibility index (Phi) is 4.39. The number of hydrogen-bond donors (Lipinski definition) is 0. The molecule has 0 bridgehead atoms. The molecule has 0 atom stereocenters. The lowest BCUT2D eigenvalue weighted by Gasteiger charge is -2.16. The molecule has 110 valence electrons. The zero-order valence-electron chi connectivity index (χ0n) is 12.1. The number of benzene rings is 2. The summed E-state index contributed by atoms with van der Waals surface area (Å²) in [7, 11) is 0. The molecule has 1 heterocycles. The van der Waals surface area contributed by atoms with Crippen molar-refractivity contribution in [3.63, 3.8) is 0 Å². The van der Waals surface area contributed by atoms with E-state index >= 15 is 0 Å². The van der Waals surface area contributed by atoms with Crippen LogP contribution in [0.3, 0.4) is 0 Å². The molecule has 0 radical (unpaired) electrons. The lowest BCUT2D eigenvalue weighted by atomic mass is 10.2. The largest absolute Gasteiger partial charge is 0.404 e. The Labute approximate surface area is 133 Å². The molecule has 4 heteroatoms. The van der Waals surface area contributed by atoms with Crippen LogP contribution in [0, 0.1) is 12.7 Å². The number of aromatic nitrogens is 1. The van der Waals surface area contributed by atoms with Gasteiger partial charge in [0, 0.05) is 17.0 Å². The second-order valence-corrected chi connectivity index (χ2v) is 5.97. The van der Waals surface area contributed by atoms with Crippen LogP contribution in [0.2, 0.25) is 0 Å². The van der Waals surface area contributed by atoms with E-state index in [1.807, 2.05) is 24.4 Å². The van der Waals surface area contributed by atoms with E-state index in [4.69, 9.17) is 0 Å². The number of halogens is 1. The van der Waals surface area contributed by atoms with Crippen molar-refractivity contribution in [2.45, 2.75) is 16.8 Å². The number of pyridine rings is 1. The Bertz CT molecular complexity index is 688. The zero-order chi connectivity index (χ0) is 15.4. The minimum Gasteiger partial charge on any atom is -0.404 e. The van der Waals surface area contributed by atoms with Crippen LogP contribution < -0.4 is 4.68 Å². The van der Waals surface area contributed by atoms with Crippen molar-refractivity contribution in [2.75, 3.05) is 0 Å². The third kappa shape index (κ3) is 3.65. The Balaban J connectivity index is 1.83. The fourth-order valence-corrected chi connectivity index (χ4v) is 2.80. The summed E-state index contributed by atoms with van der Waals surface area (Å²) >= 11 is 1.64. The van der Waals surface area contributed by atoms with Gasteiger partial charge in [-0.3, -0.25) is 0 Å². The minimum atomic E-state index is -0.258. The topological polar surface area (TPSA) is 18.0 Å². The van der Waals surface area contributed by atoms with Gasteiger partial charge in [-0.25, -0.2) is 9.07 Å². The molecular weight excluding hydrogens is 295 g/mol. The van der Waals surface area contributed by atoms with Crippen molar-refractivity contribution in [3.8, 4) is 0 Å². The van der Waals surface area contributed by atoms with E-state index in [9.17, 15) is 4.39 Å². The molecule has 0 saturated carbocycles. The summed E-state index contributed by atoms with van der Waals surface area (Å²) in [5.74, 6) is -0.258. The SMILES string of the molecule is Cc1ccc(Sc2cccc[n+]2[N-]c2ccc(F)cc2)cc1. The van der Waals surface area contributed by atoms with Gasteiger partial charge < -0.3 is 5.43 Å². The standard InChI is InChI=1S/C18H15FN2S/c1-14-5-11-17(12-6-14)22-18-4-2-3-13-21(18)20-16-9-7-15(19)8-10-16/h2-13H,1H3. The first-order valence-corrected chi connectivity index (χ1v) is 7.75. The summed E-state index contributed by atoms with van der Waals surface area (Å²) in [5, 5.41) is 0.996. The highest BCUT2D eigenvalue weighted by Gasteiger charge is 2.06. The average molecular weight is 310 g/mol. The summed E-state index contributed by atoms with van der Waals surface area (Å²) in [5.41, 5.74) is 6.47. The molecule has 2 aromatic carbocycles. The van der Waals surface area contributed by atoms with Gasteiger partial charge in [-0.2, -0.15) is 0 Å². The van der Waals surface area contributed by atoms with Crippen molar-refractivity contribution in [1.82, 2.24) is 0 Å². The third-order valence-corrected chi connectivity index (χ3v) is 4.14. The second kappa shape index (κ2) is 6.62. The molecule has 3 aromatic rings. The van der Waals surface area contributed by atoms with Crippen LogP contribution in [0.15, 0.2) is 82.8 Å². The van der Waals surface area contributed by atoms with E-state index in [1.165, 1.54) is 17.7 Å². The van der Waals surface area contributed by atoms with Gasteiger partial charge in [-0.05, 0) is 49.0 Å². The minimum absolute atomic E-state index is 0.258. The molecule has 2 nitrogen and oxygen atoms in total. The fraction of sp³-hybridized carbons (Fsp3) is 0.0556. The van der Waals surface area contributed by atoms with E-state index < -0.39 is 0 Å². The van der Waals surface area contributed by atoms with Crippen molar-refractivity contribution >= 4 is 17.4 Å². The van der Waals surface area contributed by atoms with Crippen molar-refractivity contribution < 1.29 is 9.07 Å². The molecule has 3 rings (SSSR count). The Hall–Kier alpha value is -2.33. The molecule has 0 fully saturated rings. The summed E-state index contributed by atoms with van der Waals surface area (Å²) in [6.07, 6.45) is 1.89. The smallest absolute Gasteiger partial charge is 0.240 e. The van der Waals surface area contributed by atoms with Gasteiger partial charge in [0.05, 0.1) is 0 Å². The highest BCUT2D eigenvalue weighted by molar-refractivity contribution is 7.99. The maximum Gasteiger partial charge on any atom is 0.240 e. The lowest BCUT2D eigenvalue weighted by molar-refractivity contribution is -0.658. The van der Waals surface area contributed by atoms with Crippen LogP contribution in [0.4, 0.5) is 10.1 Å². The first-order chi connectivity index (χ1) is 10.7. The third-order valence-electron chi connectivity index (χ3n) is 3.10. The summed E-state index contributed by atoms with van der Waals surface area (Å²) < 4.78 is 14.8. The monoisotopic (exact) mass is 310 g/mol. The van der Waals surface area contributed by atoms with E-state index in [2.05, 4.69) is 36.6 Å². The van der Waals surface area contributed by atoms with Crippen molar-refractivity contribution in [3.05, 3.63) is 89.7 Å². The molecule has 0 aliphatic carbocycles. The normalized spacial score (nSPS) is 10.5. The first-order valence-electron chi connectivity index (χ1n) is 6.93. The summed E-state index contributed by atoms with van der Waals surface area (Å²) in [6.45, 7) is 2.07. The van der Waals surface area contributed by atoms with Gasteiger partial charge in [0.2, 0.25) is 5.03 Å². The van der Waals surface area contributed by atoms with Gasteiger partial charge in [0.15, 0.2) is 6.20 Å². The molecule has 0 N–H and O–H groups in total. The van der Waals surface area contributed by atoms with Crippen molar-refractivity contribution in [1.29, 1.82) is 0 Å². The number of hydrogen-bond acceptors (Lipinski definition) is 1. The Morgan fingerprint density at radius 3 is 2.36 bits per heavy atom. The molecule has 0 amide bonds. The van der Waals surface area contributed by atoms with Crippen LogP contribution in [0.25, 0.3) is 5.43 Å². The molecule has 0 spiro atoms. The lowest BCUT2D eigenvalue weighted by Crippen LogP contribution is -2.30. The number of rotatable bonds is 4. The fourth-order valence-electron chi connectivity index (χ4n) is 1.94. The second-order valence-electron chi connectivity index (χ2n) is 4.87. The van der Waals surface area contributed by atoms with Gasteiger partial charge in [0.25, 0.3) is 0 Å². The van der Waals surface area contributed by atoms with Crippen LogP contribution in [0.5, 0.6) is 0 Å². The van der Waals surface area contributed by atoms with Crippen LogP contribution in [-0.2, 0) is 0 Å². The molecule has 0 unspecified atom stereocenters. The van der Waals surface area contributed by atoms with Gasteiger partial charge in [-0.1, -0.05) is 35.5 Å². The number of aryl methyl sites for hydroxylation is 1. The average Bonchev–Trinajstić information content (AvgIpc) is 2.54. The van der Waals surface area contributed by atoms with E-state index in [1.54, 1.807) is 28.6 Å². The van der Waals surface area contributed by atoms with E-state index in [-0.39, 0.29) is 5.82 Å². The quantitative estimate of drug-likeness (QED) is 0.617. The number of nitrogens with zero attached hydrogens (tertiary/aromatic N) is 2. The predicted molar refractivity (Wildman–Crippen MR) is 86.8 cm³/mol. The molecule has 0 aliphatic rings. The summed E-state index contributed by atoms with van der Waals surface area (Å²) in [4.78, 5) is 1.15. The van der Waals surface area contributed by atoms with Crippen LogP contribution in [-0.4, -0.2) is 0 Å². The van der Waals surface area contributed by atoms with Gasteiger partial charge in [-0.15, -0.1) is 0 Å². The first kappa shape index (κ1) is 14.6. The molecule has 1 aromatic heterocycles. The molecule has 22 heavy (non-hydrogen) atoms. The van der Waals surface area contributed by atoms with Crippen LogP contribution >= 0.6 is 11.8 Å². The highest BCUT2D eigenvalue weighted by atomic mass is 32.2. The highest BCUT2D eigenvalue weighted by Crippen LogP contribution is 2.26. The van der Waals surface area contributed by atoms with E-state index in [0.29, 0.717) is 5.69 Å². The maximum absolute atomic E-state index is 13.0. The van der Waals surface area contributed by atoms with Crippen LogP contribution in [0.1, 0.15) is 5.56 Å². The molecule has 0 saturated heterocycles. The van der Waals surface area contributed by atoms with Crippen molar-refractivity contribution in [2.24, 2.45) is 0 Å². The maximum atomic E-state index is 13.0. The van der Waals surface area contributed by atoms with Gasteiger partial charge in [0.1, 0.15) is 5.82 Å². The molecule has 0 aliphatic heterocycles. The van der Waals surface area contributed by atoms with E-state index in [0.717, 1.165) is 9.92 Å². The van der Waals surface area contributed by atoms with Gasteiger partial charge >= 0.3 is 0 Å². The zero-order valence-corrected chi connectivity index (χ0v) is 12.9. The Morgan fingerprint density at radius 2 is 1.64 bits per heavy atom. The Morgan fingerprint density at radius 1 is 0.909 bits per heavy atom. The molecular formula is C18H15FN2S. The summed E-state index contributed by atoms with van der Waals surface area (Å²) in [6, 6.07) is 20.4.